The highest BCUT2D eigenvalue weighted by Gasteiger charge is 2.28. The quantitative estimate of drug-likeness (QED) is 0.426. The molecule has 0 aliphatic heterocycles. The van der Waals surface area contributed by atoms with Crippen LogP contribution in [0.4, 0.5) is 16.5 Å². The minimum Gasteiger partial charge on any atom is -0.377 e. The van der Waals surface area contributed by atoms with E-state index in [-0.39, 0.29) is 17.2 Å². The second-order valence-electron chi connectivity index (χ2n) is 7.19. The van der Waals surface area contributed by atoms with Crippen molar-refractivity contribution in [2.24, 2.45) is 0 Å². The van der Waals surface area contributed by atoms with Gasteiger partial charge in [-0.3, -0.25) is 19.8 Å². The lowest BCUT2D eigenvalue weighted by Crippen LogP contribution is -2.31. The molecule has 8 heteroatoms. The van der Waals surface area contributed by atoms with E-state index in [4.69, 9.17) is 0 Å². The van der Waals surface area contributed by atoms with Crippen molar-refractivity contribution in [1.29, 1.82) is 0 Å². The number of amides is 1. The van der Waals surface area contributed by atoms with Crippen LogP contribution in [-0.4, -0.2) is 28.4 Å². The maximum atomic E-state index is 13.2. The van der Waals surface area contributed by atoms with Crippen LogP contribution in [0.2, 0.25) is 0 Å². The lowest BCUT2D eigenvalue weighted by Gasteiger charge is -2.18. The lowest BCUT2D eigenvalue weighted by molar-refractivity contribution is -0.384. The van der Waals surface area contributed by atoms with Crippen molar-refractivity contribution in [2.45, 2.75) is 44.6 Å². The fourth-order valence-electron chi connectivity index (χ4n) is 3.37. The third kappa shape index (κ3) is 3.77. The maximum Gasteiger partial charge on any atom is 0.293 e. The molecular weight excluding hydrogens is 376 g/mol. The number of aromatic nitrogens is 1. The Hall–Kier alpha value is -2.74. The fraction of sp³-hybridized carbons (Fsp3) is 0.400. The van der Waals surface area contributed by atoms with Gasteiger partial charge in [-0.05, 0) is 50.7 Å². The van der Waals surface area contributed by atoms with Gasteiger partial charge >= 0.3 is 0 Å². The van der Waals surface area contributed by atoms with E-state index in [0.717, 1.165) is 44.2 Å². The highest BCUT2D eigenvalue weighted by atomic mass is 32.1. The number of rotatable bonds is 7. The van der Waals surface area contributed by atoms with Gasteiger partial charge in [0.1, 0.15) is 5.69 Å². The number of carbonyl (C=O) groups is 1. The van der Waals surface area contributed by atoms with Gasteiger partial charge in [0.05, 0.1) is 10.6 Å². The van der Waals surface area contributed by atoms with Crippen LogP contribution < -0.4 is 10.2 Å². The van der Waals surface area contributed by atoms with Crippen LogP contribution in [0.15, 0.2) is 30.9 Å². The van der Waals surface area contributed by atoms with Gasteiger partial charge in [-0.25, -0.2) is 4.98 Å². The first kappa shape index (κ1) is 18.6. The molecule has 0 spiro atoms. The molecule has 4 rings (SSSR count). The zero-order chi connectivity index (χ0) is 19.7. The Balaban J connectivity index is 1.64. The number of nitro benzene ring substituents is 1. The van der Waals surface area contributed by atoms with Gasteiger partial charge < -0.3 is 5.32 Å². The Bertz CT molecular complexity index is 912. The van der Waals surface area contributed by atoms with E-state index in [1.807, 2.05) is 0 Å². The van der Waals surface area contributed by atoms with Gasteiger partial charge in [-0.1, -0.05) is 6.08 Å². The second kappa shape index (κ2) is 7.71. The minimum absolute atomic E-state index is 0.0743. The number of nitro groups is 1. The molecule has 2 aliphatic rings. The zero-order valence-electron chi connectivity index (χ0n) is 15.5. The van der Waals surface area contributed by atoms with Crippen molar-refractivity contribution >= 4 is 33.8 Å². The number of hydrogen-bond donors (Lipinski definition) is 1. The third-order valence-corrected chi connectivity index (χ3v) is 6.18. The monoisotopic (exact) mass is 398 g/mol. The van der Waals surface area contributed by atoms with Gasteiger partial charge in [-0.2, -0.15) is 0 Å². The van der Waals surface area contributed by atoms with Crippen molar-refractivity contribution in [3.63, 3.8) is 0 Å². The molecule has 1 fully saturated rings. The Labute approximate surface area is 167 Å². The van der Waals surface area contributed by atoms with E-state index in [2.05, 4.69) is 16.9 Å². The molecule has 0 saturated heterocycles. The predicted molar refractivity (Wildman–Crippen MR) is 110 cm³/mol. The molecule has 0 bridgehead atoms. The largest absolute Gasteiger partial charge is 0.377 e. The van der Waals surface area contributed by atoms with E-state index in [1.165, 1.54) is 22.3 Å². The number of thiazole rings is 1. The highest BCUT2D eigenvalue weighted by Crippen LogP contribution is 2.34. The molecule has 1 aromatic heterocycles. The van der Waals surface area contributed by atoms with Gasteiger partial charge in [-0.15, -0.1) is 17.9 Å². The Morgan fingerprint density at radius 1 is 1.39 bits per heavy atom. The van der Waals surface area contributed by atoms with E-state index in [9.17, 15) is 14.9 Å². The first-order chi connectivity index (χ1) is 13.6. The summed E-state index contributed by atoms with van der Waals surface area (Å²) in [5.41, 5.74) is 1.74. The third-order valence-electron chi connectivity index (χ3n) is 5.00. The Kier molecular flexibility index (Phi) is 5.13. The van der Waals surface area contributed by atoms with Crippen LogP contribution in [0, 0.1) is 10.1 Å². The summed E-state index contributed by atoms with van der Waals surface area (Å²) in [6.07, 6.45) is 7.87. The molecule has 146 valence electrons. The van der Waals surface area contributed by atoms with E-state index >= 15 is 0 Å². The van der Waals surface area contributed by atoms with Crippen molar-refractivity contribution in [2.75, 3.05) is 16.8 Å². The zero-order valence-corrected chi connectivity index (χ0v) is 16.3. The number of aryl methyl sites for hydroxylation is 2. The molecular formula is C20H22N4O3S. The van der Waals surface area contributed by atoms with E-state index in [0.29, 0.717) is 23.4 Å². The van der Waals surface area contributed by atoms with Crippen molar-refractivity contribution in [3.8, 4) is 0 Å². The van der Waals surface area contributed by atoms with Crippen molar-refractivity contribution < 1.29 is 9.72 Å². The molecule has 1 heterocycles. The van der Waals surface area contributed by atoms with Gasteiger partial charge in [0.2, 0.25) is 0 Å². The Morgan fingerprint density at radius 3 is 2.86 bits per heavy atom. The summed E-state index contributed by atoms with van der Waals surface area (Å²) in [5, 5.41) is 15.3. The number of nitrogens with one attached hydrogen (secondary N) is 1. The summed E-state index contributed by atoms with van der Waals surface area (Å²) in [7, 11) is 0. The SMILES string of the molecule is C=CCN(C(=O)c1ccc(NC2CC2)c([N+](=O)[O-])c1)c1nc2c(s1)CCCC2. The molecule has 1 N–H and O–H groups in total. The van der Waals surface area contributed by atoms with E-state index < -0.39 is 4.92 Å². The van der Waals surface area contributed by atoms with Crippen LogP contribution in [0.25, 0.3) is 0 Å². The molecule has 28 heavy (non-hydrogen) atoms. The molecule has 0 atom stereocenters. The van der Waals surface area contributed by atoms with Gasteiger partial charge in [0.15, 0.2) is 5.13 Å². The second-order valence-corrected chi connectivity index (χ2v) is 8.25. The van der Waals surface area contributed by atoms with Crippen LogP contribution in [0.3, 0.4) is 0 Å². The summed E-state index contributed by atoms with van der Waals surface area (Å²) in [6, 6.07) is 4.92. The molecule has 1 amide bonds. The first-order valence-electron chi connectivity index (χ1n) is 9.53. The number of nitrogens with zero attached hydrogens (tertiary/aromatic N) is 3. The Morgan fingerprint density at radius 2 is 2.18 bits per heavy atom. The molecule has 0 radical (unpaired) electrons. The van der Waals surface area contributed by atoms with Crippen LogP contribution in [0.5, 0.6) is 0 Å². The normalized spacial score (nSPS) is 15.6. The number of benzene rings is 1. The van der Waals surface area contributed by atoms with Crippen LogP contribution >= 0.6 is 11.3 Å². The van der Waals surface area contributed by atoms with Gasteiger partial charge in [0.25, 0.3) is 11.6 Å². The molecule has 7 nitrogen and oxygen atoms in total. The van der Waals surface area contributed by atoms with Gasteiger partial charge in [0, 0.05) is 29.1 Å². The molecule has 2 aliphatic carbocycles. The molecule has 2 aromatic rings. The number of fused-ring (bicyclic) bond motifs is 1. The first-order valence-corrected chi connectivity index (χ1v) is 10.3. The predicted octanol–water partition coefficient (Wildman–Crippen LogP) is 4.34. The average molecular weight is 398 g/mol. The summed E-state index contributed by atoms with van der Waals surface area (Å²) >= 11 is 1.54. The van der Waals surface area contributed by atoms with Crippen LogP contribution in [0.1, 0.15) is 46.6 Å². The lowest BCUT2D eigenvalue weighted by atomic mass is 10.0. The maximum absolute atomic E-state index is 13.2. The summed E-state index contributed by atoms with van der Waals surface area (Å²) in [5.74, 6) is -0.299. The molecule has 1 saturated carbocycles. The topological polar surface area (TPSA) is 88.4 Å². The molecule has 0 unspecified atom stereocenters. The summed E-state index contributed by atoms with van der Waals surface area (Å²) < 4.78 is 0. The molecule has 1 aromatic carbocycles. The summed E-state index contributed by atoms with van der Waals surface area (Å²) in [6.45, 7) is 4.05. The average Bonchev–Trinajstić information content (AvgIpc) is 3.40. The number of carbonyl (C=O) groups excluding carboxylic acids is 1. The minimum atomic E-state index is -0.443. The van der Waals surface area contributed by atoms with Crippen molar-refractivity contribution in [1.82, 2.24) is 4.98 Å². The summed E-state index contributed by atoms with van der Waals surface area (Å²) in [4.78, 5) is 31.7. The highest BCUT2D eigenvalue weighted by molar-refractivity contribution is 7.16. The smallest absolute Gasteiger partial charge is 0.293 e. The fourth-order valence-corrected chi connectivity index (χ4v) is 4.53. The standard InChI is InChI=1S/C20H22N4O3S/c1-2-11-23(20-22-16-5-3-4-6-18(16)28-20)19(25)13-7-10-15(21-14-8-9-14)17(12-13)24(26)27/h2,7,10,12,14,21H,1,3-6,8-9,11H2. The van der Waals surface area contributed by atoms with E-state index in [1.54, 1.807) is 23.1 Å². The number of hydrogen-bond acceptors (Lipinski definition) is 6. The number of anilines is 2. The van der Waals surface area contributed by atoms with Crippen molar-refractivity contribution in [3.05, 3.63) is 57.1 Å². The van der Waals surface area contributed by atoms with Crippen LogP contribution in [-0.2, 0) is 12.8 Å².